The fourth-order valence-electron chi connectivity index (χ4n) is 6.39. The van der Waals surface area contributed by atoms with E-state index in [0.717, 1.165) is 33.6 Å². The number of rotatable bonds is 22. The molecule has 0 saturated carbocycles. The van der Waals surface area contributed by atoms with Crippen molar-refractivity contribution in [2.45, 2.75) is 79.1 Å². The van der Waals surface area contributed by atoms with E-state index in [1.54, 1.807) is 33.5 Å². The Kier molecular flexibility index (Phi) is 16.7. The van der Waals surface area contributed by atoms with E-state index >= 15 is 0 Å². The molecule has 0 fully saturated rings. The molecule has 60 heavy (non-hydrogen) atoms. The first-order valence-electron chi connectivity index (χ1n) is 20.2. The fourth-order valence-corrected chi connectivity index (χ4v) is 6.39. The summed E-state index contributed by atoms with van der Waals surface area (Å²) in [5.41, 5.74) is 6.21. The lowest BCUT2D eigenvalue weighted by Crippen LogP contribution is -2.23. The van der Waals surface area contributed by atoms with Gasteiger partial charge in [-0.2, -0.15) is 0 Å². The van der Waals surface area contributed by atoms with Crippen LogP contribution in [0.15, 0.2) is 97.3 Å². The first-order chi connectivity index (χ1) is 28.9. The van der Waals surface area contributed by atoms with Gasteiger partial charge in [0, 0.05) is 36.7 Å². The first-order valence-corrected chi connectivity index (χ1v) is 20.2. The average Bonchev–Trinajstić information content (AvgIpc) is 3.22. The Morgan fingerprint density at radius 3 is 2.20 bits per heavy atom. The molecule has 12 heteroatoms. The van der Waals surface area contributed by atoms with Crippen molar-refractivity contribution in [1.29, 1.82) is 0 Å². The van der Waals surface area contributed by atoms with E-state index in [4.69, 9.17) is 38.1 Å². The number of benzene rings is 4. The third kappa shape index (κ3) is 14.3. The van der Waals surface area contributed by atoms with E-state index in [1.165, 1.54) is 5.56 Å². The van der Waals surface area contributed by atoms with Gasteiger partial charge in [-0.3, -0.25) is 4.79 Å². The van der Waals surface area contributed by atoms with Gasteiger partial charge < -0.3 is 38.1 Å². The van der Waals surface area contributed by atoms with Crippen molar-refractivity contribution >= 4 is 23.4 Å². The van der Waals surface area contributed by atoms with Gasteiger partial charge in [0.1, 0.15) is 47.4 Å². The predicted molar refractivity (Wildman–Crippen MR) is 230 cm³/mol. The molecule has 0 bridgehead atoms. The molecule has 1 heterocycles. The molecule has 0 N–H and O–H groups in total. The summed E-state index contributed by atoms with van der Waals surface area (Å²) in [6, 6.07) is 29.6. The second kappa shape index (κ2) is 22.3. The minimum absolute atomic E-state index is 0.174. The zero-order valence-electron chi connectivity index (χ0n) is 35.8. The lowest BCUT2D eigenvalue weighted by atomic mass is 10.1. The van der Waals surface area contributed by atoms with Crippen LogP contribution in [-0.2, 0) is 49.8 Å². The van der Waals surface area contributed by atoms with Gasteiger partial charge in [0.25, 0.3) is 0 Å². The number of esters is 2. The van der Waals surface area contributed by atoms with Crippen LogP contribution in [0.2, 0.25) is 0 Å². The number of carbonyl (C=O) groups excluding carboxylic acids is 2. The smallest absolute Gasteiger partial charge is 0.344 e. The quantitative estimate of drug-likeness (QED) is 0.0489. The summed E-state index contributed by atoms with van der Waals surface area (Å²) in [4.78, 5) is 35.8. The number of nitrogens with zero attached hydrogens (tertiary/aromatic N) is 3. The van der Waals surface area contributed by atoms with E-state index in [2.05, 4.69) is 53.2 Å². The highest BCUT2D eigenvalue weighted by Crippen LogP contribution is 2.38. The summed E-state index contributed by atoms with van der Waals surface area (Å²) in [6.45, 7) is 11.1. The second-order valence-corrected chi connectivity index (χ2v) is 15.2. The van der Waals surface area contributed by atoms with Gasteiger partial charge in [-0.1, -0.05) is 54.1 Å². The lowest BCUT2D eigenvalue weighted by Gasteiger charge is -2.27. The van der Waals surface area contributed by atoms with Crippen LogP contribution < -0.4 is 23.8 Å². The first kappa shape index (κ1) is 45.0. The third-order valence-electron chi connectivity index (χ3n) is 9.20. The average molecular weight is 820 g/mol. The van der Waals surface area contributed by atoms with Gasteiger partial charge >= 0.3 is 11.9 Å². The normalized spacial score (nSPS) is 11.1. The summed E-state index contributed by atoms with van der Waals surface area (Å²) in [7, 11) is 3.24. The van der Waals surface area contributed by atoms with E-state index in [9.17, 15) is 9.59 Å². The highest BCUT2D eigenvalue weighted by molar-refractivity contribution is 5.71. The summed E-state index contributed by atoms with van der Waals surface area (Å²) >= 11 is 0. The van der Waals surface area contributed by atoms with Crippen molar-refractivity contribution in [2.24, 2.45) is 0 Å². The van der Waals surface area contributed by atoms with Crippen molar-refractivity contribution in [1.82, 2.24) is 9.97 Å². The molecule has 0 saturated heterocycles. The van der Waals surface area contributed by atoms with E-state index < -0.39 is 11.6 Å². The molecular weight excluding hydrogens is 763 g/mol. The van der Waals surface area contributed by atoms with Gasteiger partial charge in [0.15, 0.2) is 6.61 Å². The molecule has 4 aromatic carbocycles. The van der Waals surface area contributed by atoms with Crippen molar-refractivity contribution in [3.05, 3.63) is 131 Å². The highest BCUT2D eigenvalue weighted by atomic mass is 16.6. The van der Waals surface area contributed by atoms with E-state index in [-0.39, 0.29) is 12.6 Å². The number of aromatic nitrogens is 2. The Balaban J connectivity index is 1.39. The van der Waals surface area contributed by atoms with Crippen LogP contribution in [0.3, 0.4) is 0 Å². The number of anilines is 2. The number of methoxy groups -OCH3 is 2. The molecule has 0 aliphatic rings. The van der Waals surface area contributed by atoms with Crippen LogP contribution in [0.4, 0.5) is 11.5 Å². The monoisotopic (exact) mass is 819 g/mol. The lowest BCUT2D eigenvalue weighted by molar-refractivity contribution is -0.155. The SMILES string of the molecule is CCOC(=O)COc1cccc(Cc2cc(N(Cc3c(OC)cc(OCCOCc4ccc(C)cc4)cc3OC)c3cccc(CCCC(=O)OC(C)(C)C)c3)ncn2)c1. The number of hydrogen-bond acceptors (Lipinski definition) is 12. The van der Waals surface area contributed by atoms with Crippen LogP contribution in [-0.4, -0.2) is 68.2 Å². The summed E-state index contributed by atoms with van der Waals surface area (Å²) in [5, 5.41) is 0. The summed E-state index contributed by atoms with van der Waals surface area (Å²) in [5.74, 6) is 2.31. The molecule has 12 nitrogen and oxygen atoms in total. The van der Waals surface area contributed by atoms with E-state index in [0.29, 0.717) is 87.5 Å². The predicted octanol–water partition coefficient (Wildman–Crippen LogP) is 8.93. The van der Waals surface area contributed by atoms with Crippen molar-refractivity contribution in [2.75, 3.05) is 45.5 Å². The number of hydrogen-bond donors (Lipinski definition) is 0. The molecule has 5 rings (SSSR count). The molecule has 318 valence electrons. The summed E-state index contributed by atoms with van der Waals surface area (Å²) in [6.07, 6.45) is 3.67. The minimum atomic E-state index is -0.530. The van der Waals surface area contributed by atoms with Crippen molar-refractivity contribution in [3.63, 3.8) is 0 Å². The Morgan fingerprint density at radius 1 is 0.750 bits per heavy atom. The Hall–Kier alpha value is -6.14. The van der Waals surface area contributed by atoms with Crippen molar-refractivity contribution < 1.29 is 42.7 Å². The van der Waals surface area contributed by atoms with Gasteiger partial charge in [-0.15, -0.1) is 0 Å². The molecule has 1 aromatic heterocycles. The third-order valence-corrected chi connectivity index (χ3v) is 9.20. The maximum atomic E-state index is 12.5. The van der Waals surface area contributed by atoms with Crippen molar-refractivity contribution in [3.8, 4) is 23.0 Å². The van der Waals surface area contributed by atoms with Gasteiger partial charge in [-0.25, -0.2) is 14.8 Å². The van der Waals surface area contributed by atoms with E-state index in [1.807, 2.05) is 69.3 Å². The molecule has 0 atom stereocenters. The van der Waals surface area contributed by atoms with Crippen LogP contribution >= 0.6 is 0 Å². The number of carbonyl (C=O) groups is 2. The summed E-state index contributed by atoms with van der Waals surface area (Å²) < 4.78 is 40.1. The highest BCUT2D eigenvalue weighted by Gasteiger charge is 2.21. The largest absolute Gasteiger partial charge is 0.496 e. The van der Waals surface area contributed by atoms with Gasteiger partial charge in [-0.05, 0) is 88.4 Å². The second-order valence-electron chi connectivity index (χ2n) is 15.2. The topological polar surface area (TPSA) is 128 Å². The maximum Gasteiger partial charge on any atom is 0.344 e. The van der Waals surface area contributed by atoms with Gasteiger partial charge in [0.05, 0.1) is 51.8 Å². The van der Waals surface area contributed by atoms with Crippen LogP contribution in [0, 0.1) is 6.92 Å². The molecule has 0 aliphatic heterocycles. The minimum Gasteiger partial charge on any atom is -0.496 e. The fraction of sp³-hybridized carbons (Fsp3) is 0.375. The van der Waals surface area contributed by atoms with Crippen LogP contribution in [0.25, 0.3) is 0 Å². The molecule has 0 unspecified atom stereocenters. The number of ether oxygens (including phenoxy) is 7. The molecule has 0 amide bonds. The molecular formula is C48H57N3O9. The van der Waals surface area contributed by atoms with Gasteiger partial charge in [0.2, 0.25) is 0 Å². The molecule has 5 aromatic rings. The maximum absolute atomic E-state index is 12.5. The standard InChI is InChI=1S/C48H57N3O9/c1-8-57-47(53)32-59-40-16-10-14-37(26-40)24-38-27-45(50-33-49-38)51(39-15-9-12-35(25-39)13-11-17-46(52)60-48(3,4)5)30-42-43(54-6)28-41(29-44(42)55-7)58-23-22-56-31-36-20-18-34(2)19-21-36/h9-10,12,14-16,18-21,25-29,33H,8,11,13,17,22-24,30-32H2,1-7H3. The number of aryl methyl sites for hydroxylation is 2. The van der Waals surface area contributed by atoms with Crippen LogP contribution in [0.1, 0.15) is 74.0 Å². The molecule has 0 aliphatic carbocycles. The molecule has 0 radical (unpaired) electrons. The Bertz CT molecular complexity index is 2130. The Labute approximate surface area is 353 Å². The Morgan fingerprint density at radius 2 is 1.48 bits per heavy atom. The zero-order valence-corrected chi connectivity index (χ0v) is 35.8. The zero-order chi connectivity index (χ0) is 42.9. The van der Waals surface area contributed by atoms with Crippen LogP contribution in [0.5, 0.6) is 23.0 Å². The molecule has 0 spiro atoms.